The molecule has 116 valence electrons. The van der Waals surface area contributed by atoms with Crippen LogP contribution in [0.5, 0.6) is 0 Å². The quantitative estimate of drug-likeness (QED) is 0.640. The van der Waals surface area contributed by atoms with Crippen molar-refractivity contribution in [3.8, 4) is 0 Å². The highest BCUT2D eigenvalue weighted by molar-refractivity contribution is 5.88. The van der Waals surface area contributed by atoms with Crippen molar-refractivity contribution >= 4 is 11.9 Å². The van der Waals surface area contributed by atoms with Gasteiger partial charge in [0.15, 0.2) is 0 Å². The van der Waals surface area contributed by atoms with Crippen LogP contribution < -0.4 is 5.32 Å². The van der Waals surface area contributed by atoms with E-state index in [0.717, 1.165) is 0 Å². The van der Waals surface area contributed by atoms with E-state index in [9.17, 15) is 22.8 Å². The summed E-state index contributed by atoms with van der Waals surface area (Å²) < 4.78 is 41.9. The second-order valence-corrected chi connectivity index (χ2v) is 5.37. The van der Waals surface area contributed by atoms with Gasteiger partial charge in [0.05, 0.1) is 0 Å². The number of carbonyl (C=O) groups is 2. The van der Waals surface area contributed by atoms with Crippen LogP contribution in [0.15, 0.2) is 12.2 Å². The van der Waals surface area contributed by atoms with Crippen LogP contribution in [0, 0.1) is 5.92 Å². The third-order valence-electron chi connectivity index (χ3n) is 2.23. The summed E-state index contributed by atoms with van der Waals surface area (Å²) in [6.07, 6.45) is -1.94. The van der Waals surface area contributed by atoms with Gasteiger partial charge in [0.2, 0.25) is 0 Å². The molecule has 2 atom stereocenters. The van der Waals surface area contributed by atoms with Crippen LogP contribution in [0.2, 0.25) is 0 Å². The van der Waals surface area contributed by atoms with E-state index in [-0.39, 0.29) is 0 Å². The van der Waals surface area contributed by atoms with E-state index in [4.69, 9.17) is 4.74 Å². The zero-order valence-corrected chi connectivity index (χ0v) is 12.2. The molecular weight excluding hydrogens is 275 g/mol. The molecule has 0 aromatic heterocycles. The maximum absolute atomic E-state index is 12.3. The lowest BCUT2D eigenvalue weighted by Crippen LogP contribution is -2.51. The van der Waals surface area contributed by atoms with Gasteiger partial charge in [-0.3, -0.25) is 4.79 Å². The number of carbonyl (C=O) groups excluding carboxylic acids is 2. The van der Waals surface area contributed by atoms with Crippen LogP contribution in [0.25, 0.3) is 0 Å². The largest absolute Gasteiger partial charge is 0.471 e. The Morgan fingerprint density at radius 3 is 2.05 bits per heavy atom. The number of alkyl halides is 3. The topological polar surface area (TPSA) is 55.4 Å². The maximum Gasteiger partial charge on any atom is 0.471 e. The van der Waals surface area contributed by atoms with Crippen LogP contribution in [-0.4, -0.2) is 29.7 Å². The van der Waals surface area contributed by atoms with E-state index in [0.29, 0.717) is 0 Å². The Hall–Kier alpha value is -1.53. The van der Waals surface area contributed by atoms with Gasteiger partial charge < -0.3 is 10.1 Å². The molecule has 0 unspecified atom stereocenters. The van der Waals surface area contributed by atoms with E-state index in [1.54, 1.807) is 39.1 Å². The lowest BCUT2D eigenvalue weighted by atomic mass is 10.0. The van der Waals surface area contributed by atoms with Gasteiger partial charge in [-0.25, -0.2) is 4.79 Å². The zero-order chi connectivity index (χ0) is 16.1. The highest BCUT2D eigenvalue weighted by atomic mass is 19.4. The van der Waals surface area contributed by atoms with Gasteiger partial charge in [-0.1, -0.05) is 19.1 Å². The van der Waals surface area contributed by atoms with Crippen molar-refractivity contribution in [1.82, 2.24) is 5.32 Å². The van der Waals surface area contributed by atoms with Crippen molar-refractivity contribution in [2.75, 3.05) is 0 Å². The van der Waals surface area contributed by atoms with E-state index in [1.165, 1.54) is 13.0 Å². The van der Waals surface area contributed by atoms with E-state index < -0.39 is 35.6 Å². The monoisotopic (exact) mass is 295 g/mol. The summed E-state index contributed by atoms with van der Waals surface area (Å²) in [6, 6.07) is -1.39. The van der Waals surface area contributed by atoms with Crippen LogP contribution in [0.4, 0.5) is 13.2 Å². The Balaban J connectivity index is 5.10. The summed E-state index contributed by atoms with van der Waals surface area (Å²) in [4.78, 5) is 22.9. The number of hydrogen-bond donors (Lipinski definition) is 1. The fourth-order valence-corrected chi connectivity index (χ4v) is 1.41. The normalized spacial score (nSPS) is 15.8. The average molecular weight is 295 g/mol. The van der Waals surface area contributed by atoms with Gasteiger partial charge in [0.1, 0.15) is 11.6 Å². The summed E-state index contributed by atoms with van der Waals surface area (Å²) in [5, 5.41) is 1.67. The van der Waals surface area contributed by atoms with Crippen LogP contribution in [0.1, 0.15) is 34.6 Å². The predicted octanol–water partition coefficient (Wildman–Crippen LogP) is 2.59. The number of hydrogen-bond acceptors (Lipinski definition) is 3. The molecule has 0 aliphatic carbocycles. The van der Waals surface area contributed by atoms with Gasteiger partial charge >= 0.3 is 18.1 Å². The molecule has 0 saturated carbocycles. The third kappa shape index (κ3) is 6.58. The zero-order valence-electron chi connectivity index (χ0n) is 12.2. The van der Waals surface area contributed by atoms with Crippen molar-refractivity contribution < 1.29 is 27.5 Å². The minimum absolute atomic E-state index is 0.624. The SMILES string of the molecule is C/C=C/[C@H](C)[C@H](NC(=O)C(F)(F)F)C(=O)OC(C)(C)C. The fourth-order valence-electron chi connectivity index (χ4n) is 1.41. The molecule has 0 aromatic carbocycles. The van der Waals surface area contributed by atoms with Gasteiger partial charge in [-0.2, -0.15) is 13.2 Å². The van der Waals surface area contributed by atoms with Crippen molar-refractivity contribution in [2.45, 2.75) is 52.4 Å². The third-order valence-corrected chi connectivity index (χ3v) is 2.23. The van der Waals surface area contributed by atoms with Crippen LogP contribution in [0.3, 0.4) is 0 Å². The molecule has 0 rings (SSSR count). The number of esters is 1. The van der Waals surface area contributed by atoms with Crippen molar-refractivity contribution in [2.24, 2.45) is 5.92 Å². The molecule has 0 aromatic rings. The molecule has 1 N–H and O–H groups in total. The Morgan fingerprint density at radius 2 is 1.70 bits per heavy atom. The van der Waals surface area contributed by atoms with Gasteiger partial charge in [0.25, 0.3) is 0 Å². The summed E-state index contributed by atoms with van der Waals surface area (Å²) in [5.74, 6) is -3.69. The first-order valence-corrected chi connectivity index (χ1v) is 6.12. The van der Waals surface area contributed by atoms with E-state index in [2.05, 4.69) is 0 Å². The minimum Gasteiger partial charge on any atom is -0.458 e. The van der Waals surface area contributed by atoms with Crippen molar-refractivity contribution in [1.29, 1.82) is 0 Å². The first-order valence-electron chi connectivity index (χ1n) is 6.12. The Kier molecular flexibility index (Phi) is 6.25. The highest BCUT2D eigenvalue weighted by Gasteiger charge is 2.42. The molecule has 0 aliphatic rings. The van der Waals surface area contributed by atoms with Crippen molar-refractivity contribution in [3.63, 3.8) is 0 Å². The number of rotatable bonds is 4. The Labute approximate surface area is 116 Å². The van der Waals surface area contributed by atoms with Gasteiger partial charge in [-0.15, -0.1) is 0 Å². The molecule has 4 nitrogen and oxygen atoms in total. The average Bonchev–Trinajstić information content (AvgIpc) is 2.21. The fraction of sp³-hybridized carbons (Fsp3) is 0.692. The molecule has 0 spiro atoms. The maximum atomic E-state index is 12.3. The molecule has 7 heteroatoms. The van der Waals surface area contributed by atoms with Crippen molar-refractivity contribution in [3.05, 3.63) is 12.2 Å². The summed E-state index contributed by atoms with van der Waals surface area (Å²) >= 11 is 0. The van der Waals surface area contributed by atoms with E-state index >= 15 is 0 Å². The number of halogens is 3. The van der Waals surface area contributed by atoms with E-state index in [1.807, 2.05) is 0 Å². The first-order chi connectivity index (χ1) is 8.88. The summed E-state index contributed by atoms with van der Waals surface area (Å²) in [5.41, 5.74) is -0.853. The lowest BCUT2D eigenvalue weighted by Gasteiger charge is -2.27. The highest BCUT2D eigenvalue weighted by Crippen LogP contribution is 2.18. The predicted molar refractivity (Wildman–Crippen MR) is 67.8 cm³/mol. The second-order valence-electron chi connectivity index (χ2n) is 5.37. The summed E-state index contributed by atoms with van der Waals surface area (Å²) in [6.45, 7) is 7.95. The second kappa shape index (κ2) is 6.76. The smallest absolute Gasteiger partial charge is 0.458 e. The summed E-state index contributed by atoms with van der Waals surface area (Å²) in [7, 11) is 0. The molecule has 0 radical (unpaired) electrons. The lowest BCUT2D eigenvalue weighted by molar-refractivity contribution is -0.177. The molecule has 0 aliphatic heterocycles. The first kappa shape index (κ1) is 18.5. The standard InChI is InChI=1S/C13H20F3NO3/c1-6-7-8(2)9(10(18)20-12(3,4)5)17-11(19)13(14,15)16/h6-9H,1-5H3,(H,17,19)/b7-6+/t8-,9-/m0/s1. The van der Waals surface area contributed by atoms with Crippen LogP contribution in [-0.2, 0) is 14.3 Å². The Morgan fingerprint density at radius 1 is 1.20 bits per heavy atom. The van der Waals surface area contributed by atoms with Gasteiger partial charge in [-0.05, 0) is 27.7 Å². The molecule has 0 bridgehead atoms. The number of amides is 1. The molecule has 0 saturated heterocycles. The van der Waals surface area contributed by atoms with Crippen LogP contribution >= 0.6 is 0 Å². The molecular formula is C13H20F3NO3. The van der Waals surface area contributed by atoms with Gasteiger partial charge in [0, 0.05) is 5.92 Å². The number of allylic oxidation sites excluding steroid dienone is 1. The number of nitrogens with one attached hydrogen (secondary N) is 1. The minimum atomic E-state index is -5.05. The molecule has 20 heavy (non-hydrogen) atoms. The molecule has 1 amide bonds. The Bertz CT molecular complexity index is 383. The number of ether oxygens (including phenoxy) is 1. The molecule has 0 heterocycles. The molecule has 0 fully saturated rings.